The summed E-state index contributed by atoms with van der Waals surface area (Å²) < 4.78 is 10.7. The molecule has 0 saturated carbocycles. The maximum Gasteiger partial charge on any atom is 0.336 e. The van der Waals surface area contributed by atoms with Crippen LogP contribution in [0.4, 0.5) is 5.69 Å². The third-order valence-electron chi connectivity index (χ3n) is 3.86. The highest BCUT2D eigenvalue weighted by Crippen LogP contribution is 2.23. The van der Waals surface area contributed by atoms with Crippen LogP contribution in [0.3, 0.4) is 0 Å². The summed E-state index contributed by atoms with van der Waals surface area (Å²) in [6.07, 6.45) is 0. The lowest BCUT2D eigenvalue weighted by molar-refractivity contribution is 0.0998. The zero-order valence-electron chi connectivity index (χ0n) is 12.8. The van der Waals surface area contributed by atoms with Crippen molar-refractivity contribution < 1.29 is 13.6 Å². The van der Waals surface area contributed by atoms with Gasteiger partial charge >= 0.3 is 5.63 Å². The van der Waals surface area contributed by atoms with E-state index in [1.54, 1.807) is 24.3 Å². The fraction of sp³-hybridized carbons (Fsp3) is 0.0526. The van der Waals surface area contributed by atoms with E-state index in [9.17, 15) is 9.59 Å². The van der Waals surface area contributed by atoms with Crippen molar-refractivity contribution in [2.75, 3.05) is 5.32 Å². The van der Waals surface area contributed by atoms with Gasteiger partial charge in [-0.15, -0.1) is 0 Å². The first kappa shape index (κ1) is 14.3. The van der Waals surface area contributed by atoms with E-state index < -0.39 is 5.63 Å². The van der Waals surface area contributed by atoms with Crippen molar-refractivity contribution in [3.63, 3.8) is 0 Å². The number of amides is 1. The Kier molecular flexibility index (Phi) is 3.20. The van der Waals surface area contributed by atoms with E-state index in [4.69, 9.17) is 8.83 Å². The molecule has 2 aromatic carbocycles. The Morgan fingerprint density at radius 1 is 0.958 bits per heavy atom. The highest BCUT2D eigenvalue weighted by atomic mass is 16.4. The molecule has 4 rings (SSSR count). The molecule has 0 aliphatic heterocycles. The molecule has 0 aliphatic carbocycles. The molecule has 1 amide bonds. The molecule has 1 N–H and O–H groups in total. The van der Waals surface area contributed by atoms with Gasteiger partial charge in [-0.3, -0.25) is 4.79 Å². The number of carbonyl (C=O) groups is 1. The van der Waals surface area contributed by atoms with E-state index in [1.165, 1.54) is 6.07 Å². The summed E-state index contributed by atoms with van der Waals surface area (Å²) in [6.45, 7) is 1.84. The van der Waals surface area contributed by atoms with Gasteiger partial charge in [-0.05, 0) is 36.8 Å². The number of nitrogens with one attached hydrogen (secondary N) is 1. The number of anilines is 1. The highest BCUT2D eigenvalue weighted by Gasteiger charge is 2.13. The van der Waals surface area contributed by atoms with Gasteiger partial charge in [0.1, 0.15) is 11.2 Å². The van der Waals surface area contributed by atoms with E-state index in [-0.39, 0.29) is 11.7 Å². The Balaban J connectivity index is 1.68. The molecule has 5 nitrogen and oxygen atoms in total. The maximum atomic E-state index is 12.4. The predicted octanol–water partition coefficient (Wildman–Crippen LogP) is 4.10. The topological polar surface area (TPSA) is 72.5 Å². The van der Waals surface area contributed by atoms with Gasteiger partial charge in [-0.2, -0.15) is 0 Å². The van der Waals surface area contributed by atoms with Gasteiger partial charge in [0.05, 0.1) is 0 Å². The van der Waals surface area contributed by atoms with Gasteiger partial charge in [0, 0.05) is 28.6 Å². The Morgan fingerprint density at radius 2 is 1.79 bits per heavy atom. The second-order valence-corrected chi connectivity index (χ2v) is 5.56. The maximum absolute atomic E-state index is 12.4. The van der Waals surface area contributed by atoms with Gasteiger partial charge in [-0.1, -0.05) is 18.2 Å². The number of hydrogen-bond donors (Lipinski definition) is 1. The minimum absolute atomic E-state index is 0.224. The van der Waals surface area contributed by atoms with Crippen LogP contribution in [0.25, 0.3) is 21.9 Å². The quantitative estimate of drug-likeness (QED) is 0.565. The van der Waals surface area contributed by atoms with Gasteiger partial charge in [0.15, 0.2) is 5.76 Å². The molecule has 24 heavy (non-hydrogen) atoms. The third kappa shape index (κ3) is 2.46. The molecule has 0 atom stereocenters. The van der Waals surface area contributed by atoms with Crippen LogP contribution < -0.4 is 10.9 Å². The fourth-order valence-electron chi connectivity index (χ4n) is 2.69. The van der Waals surface area contributed by atoms with Crippen LogP contribution in [-0.4, -0.2) is 5.91 Å². The first-order valence-corrected chi connectivity index (χ1v) is 7.44. The number of rotatable bonds is 2. The number of hydrogen-bond acceptors (Lipinski definition) is 4. The van der Waals surface area contributed by atoms with Crippen molar-refractivity contribution in [2.24, 2.45) is 0 Å². The summed E-state index contributed by atoms with van der Waals surface area (Å²) in [6, 6.07) is 15.7. The number of carbonyl (C=O) groups excluding carboxylic acids is 1. The summed E-state index contributed by atoms with van der Waals surface area (Å²) in [5.41, 5.74) is 2.03. The lowest BCUT2D eigenvalue weighted by atomic mass is 10.1. The average Bonchev–Trinajstić information content (AvgIpc) is 2.98. The minimum Gasteiger partial charge on any atom is -0.451 e. The summed E-state index contributed by atoms with van der Waals surface area (Å²) in [5.74, 6) is -0.137. The number of fused-ring (bicyclic) bond motifs is 2. The zero-order chi connectivity index (χ0) is 16.7. The Hall–Kier alpha value is -3.34. The van der Waals surface area contributed by atoms with Crippen LogP contribution in [0.2, 0.25) is 0 Å². The second kappa shape index (κ2) is 5.38. The molecule has 2 heterocycles. The summed E-state index contributed by atoms with van der Waals surface area (Å²) >= 11 is 0. The van der Waals surface area contributed by atoms with Gasteiger partial charge < -0.3 is 14.2 Å². The largest absolute Gasteiger partial charge is 0.451 e. The minimum atomic E-state index is -0.416. The predicted molar refractivity (Wildman–Crippen MR) is 91.4 cm³/mol. The van der Waals surface area contributed by atoms with Crippen molar-refractivity contribution in [2.45, 2.75) is 6.92 Å². The molecule has 0 unspecified atom stereocenters. The number of furan rings is 1. The Bertz CT molecular complexity index is 1100. The number of benzene rings is 2. The molecule has 0 bridgehead atoms. The summed E-state index contributed by atoms with van der Waals surface area (Å²) in [4.78, 5) is 23.8. The van der Waals surface area contributed by atoms with Crippen LogP contribution in [0, 0.1) is 6.92 Å². The zero-order valence-corrected chi connectivity index (χ0v) is 12.8. The van der Waals surface area contributed by atoms with Gasteiger partial charge in [0.25, 0.3) is 5.91 Å². The van der Waals surface area contributed by atoms with E-state index >= 15 is 0 Å². The summed E-state index contributed by atoms with van der Waals surface area (Å²) in [7, 11) is 0. The van der Waals surface area contributed by atoms with Gasteiger partial charge in [0.2, 0.25) is 0 Å². The molecule has 118 valence electrons. The van der Waals surface area contributed by atoms with E-state index in [2.05, 4.69) is 5.32 Å². The Labute approximate surface area is 136 Å². The van der Waals surface area contributed by atoms with Crippen molar-refractivity contribution in [1.29, 1.82) is 0 Å². The first-order valence-electron chi connectivity index (χ1n) is 7.44. The normalized spacial score (nSPS) is 11.0. The molecule has 0 saturated heterocycles. The molecule has 0 fully saturated rings. The average molecular weight is 319 g/mol. The number of aryl methyl sites for hydroxylation is 1. The molecule has 0 radical (unpaired) electrons. The number of para-hydroxylation sites is 1. The summed E-state index contributed by atoms with van der Waals surface area (Å²) in [5, 5.41) is 4.45. The van der Waals surface area contributed by atoms with E-state index in [0.29, 0.717) is 16.9 Å². The molecule has 0 aliphatic rings. The Morgan fingerprint density at radius 3 is 2.62 bits per heavy atom. The monoisotopic (exact) mass is 319 g/mol. The smallest absolute Gasteiger partial charge is 0.336 e. The fourth-order valence-corrected chi connectivity index (χ4v) is 2.69. The van der Waals surface area contributed by atoms with Crippen LogP contribution in [0.15, 0.2) is 68.2 Å². The van der Waals surface area contributed by atoms with Crippen molar-refractivity contribution >= 4 is 33.5 Å². The molecular weight excluding hydrogens is 306 g/mol. The van der Waals surface area contributed by atoms with Crippen LogP contribution in [-0.2, 0) is 0 Å². The molecular formula is C19H13NO4. The van der Waals surface area contributed by atoms with Crippen molar-refractivity contribution in [3.8, 4) is 0 Å². The van der Waals surface area contributed by atoms with Gasteiger partial charge in [-0.25, -0.2) is 4.79 Å². The van der Waals surface area contributed by atoms with Crippen LogP contribution in [0.5, 0.6) is 0 Å². The molecule has 4 aromatic rings. The van der Waals surface area contributed by atoms with Crippen LogP contribution in [0.1, 0.15) is 16.1 Å². The van der Waals surface area contributed by atoms with Crippen molar-refractivity contribution in [3.05, 3.63) is 76.3 Å². The van der Waals surface area contributed by atoms with E-state index in [1.807, 2.05) is 31.2 Å². The SMILES string of the molecule is Cc1cc(=O)oc2cc(NC(=O)c3cc4ccccc4o3)ccc12. The van der Waals surface area contributed by atoms with Crippen molar-refractivity contribution in [1.82, 2.24) is 0 Å². The molecule has 2 aromatic heterocycles. The first-order chi connectivity index (χ1) is 11.6. The highest BCUT2D eigenvalue weighted by molar-refractivity contribution is 6.05. The third-order valence-corrected chi connectivity index (χ3v) is 3.86. The lowest BCUT2D eigenvalue weighted by Crippen LogP contribution is -2.10. The standard InChI is InChI=1S/C19H13NO4/c1-11-8-18(21)24-16-10-13(6-7-14(11)16)20-19(22)17-9-12-4-2-3-5-15(12)23-17/h2-10H,1H3,(H,20,22). The molecule has 5 heteroatoms. The lowest BCUT2D eigenvalue weighted by Gasteiger charge is -2.05. The molecule has 0 spiro atoms. The van der Waals surface area contributed by atoms with E-state index in [0.717, 1.165) is 16.3 Å². The second-order valence-electron chi connectivity index (χ2n) is 5.56. The van der Waals surface area contributed by atoms with Crippen LogP contribution >= 0.6 is 0 Å².